The van der Waals surface area contributed by atoms with Crippen molar-refractivity contribution in [1.82, 2.24) is 5.12 Å². The Morgan fingerprint density at radius 3 is 1.79 bits per heavy atom. The van der Waals surface area contributed by atoms with E-state index in [0.717, 1.165) is 0 Å². The third-order valence-electron chi connectivity index (χ3n) is 3.22. The average molecular weight is 268 g/mol. The van der Waals surface area contributed by atoms with E-state index in [0.29, 0.717) is 16.2 Å². The number of nitrogens with two attached hydrogens (primary N) is 7. The van der Waals surface area contributed by atoms with Gasteiger partial charge < -0.3 is 17.2 Å². The van der Waals surface area contributed by atoms with Crippen LogP contribution in [0.2, 0.25) is 0 Å². The topological polar surface area (TPSA) is 202 Å². The highest BCUT2D eigenvalue weighted by Crippen LogP contribution is 2.34. The van der Waals surface area contributed by atoms with Crippen molar-refractivity contribution in [2.24, 2.45) is 23.2 Å². The van der Waals surface area contributed by atoms with E-state index in [4.69, 9.17) is 40.4 Å². The number of nitrogens with zero attached hydrogens (tertiary/aromatic N) is 1. The van der Waals surface area contributed by atoms with Crippen molar-refractivity contribution in [2.45, 2.75) is 19.6 Å². The molecule has 106 valence electrons. The standard InChI is InChI=1S/C10H20N8O/c1-3-4(2)7(12)8(13)5(6(3)11)9(19)10(14,15)18(16)17/h11-17H2,1-2H3. The Morgan fingerprint density at radius 2 is 1.37 bits per heavy atom. The highest BCUT2D eigenvalue weighted by Gasteiger charge is 2.37. The third-order valence-corrected chi connectivity index (χ3v) is 3.22. The predicted molar refractivity (Wildman–Crippen MR) is 74.8 cm³/mol. The van der Waals surface area contributed by atoms with Gasteiger partial charge in [0.05, 0.1) is 16.9 Å². The van der Waals surface area contributed by atoms with Crippen LogP contribution in [0.4, 0.5) is 17.1 Å². The summed E-state index contributed by atoms with van der Waals surface area (Å²) in [6.45, 7) is 3.44. The average Bonchev–Trinajstić information content (AvgIpc) is 2.33. The van der Waals surface area contributed by atoms with Gasteiger partial charge in [-0.2, -0.15) is 0 Å². The van der Waals surface area contributed by atoms with Crippen molar-refractivity contribution in [1.29, 1.82) is 0 Å². The molecule has 0 fully saturated rings. The van der Waals surface area contributed by atoms with Gasteiger partial charge in [-0.1, -0.05) is 0 Å². The molecule has 0 radical (unpaired) electrons. The number of rotatable bonds is 3. The van der Waals surface area contributed by atoms with Crippen LogP contribution in [-0.4, -0.2) is 16.7 Å². The molecule has 19 heavy (non-hydrogen) atoms. The van der Waals surface area contributed by atoms with E-state index in [-0.39, 0.29) is 22.6 Å². The van der Waals surface area contributed by atoms with Crippen LogP contribution < -0.4 is 40.4 Å². The van der Waals surface area contributed by atoms with Crippen LogP contribution in [0.1, 0.15) is 21.5 Å². The molecule has 9 heteroatoms. The molecule has 0 spiro atoms. The molecular formula is C10H20N8O. The number of ketones is 1. The van der Waals surface area contributed by atoms with Crippen molar-refractivity contribution >= 4 is 22.8 Å². The van der Waals surface area contributed by atoms with Gasteiger partial charge in [0.25, 0.3) is 0 Å². The van der Waals surface area contributed by atoms with E-state index in [1.165, 1.54) is 0 Å². The van der Waals surface area contributed by atoms with Crippen molar-refractivity contribution < 1.29 is 4.79 Å². The minimum absolute atomic E-state index is 0.00715. The second-order valence-corrected chi connectivity index (χ2v) is 4.43. The Kier molecular flexibility index (Phi) is 3.70. The van der Waals surface area contributed by atoms with Gasteiger partial charge in [0.2, 0.25) is 11.6 Å². The molecule has 0 aliphatic rings. The van der Waals surface area contributed by atoms with Crippen LogP contribution in [0.5, 0.6) is 0 Å². The van der Waals surface area contributed by atoms with Gasteiger partial charge in [-0.3, -0.25) is 27.9 Å². The number of carbonyl (C=O) groups is 1. The fourth-order valence-corrected chi connectivity index (χ4v) is 1.64. The number of nitrogen functional groups attached to an aromatic ring is 3. The van der Waals surface area contributed by atoms with E-state index in [9.17, 15) is 4.79 Å². The van der Waals surface area contributed by atoms with Crippen molar-refractivity contribution in [2.75, 3.05) is 17.2 Å². The first kappa shape index (κ1) is 15.1. The molecule has 0 atom stereocenters. The van der Waals surface area contributed by atoms with Crippen LogP contribution in [0.15, 0.2) is 0 Å². The molecule has 0 aliphatic carbocycles. The van der Waals surface area contributed by atoms with Crippen molar-refractivity contribution in [3.63, 3.8) is 0 Å². The van der Waals surface area contributed by atoms with E-state index in [2.05, 4.69) is 0 Å². The van der Waals surface area contributed by atoms with Crippen LogP contribution in [-0.2, 0) is 0 Å². The van der Waals surface area contributed by atoms with Crippen molar-refractivity contribution in [3.05, 3.63) is 16.7 Å². The van der Waals surface area contributed by atoms with Crippen LogP contribution in [0.25, 0.3) is 0 Å². The zero-order valence-corrected chi connectivity index (χ0v) is 10.9. The monoisotopic (exact) mass is 268 g/mol. The van der Waals surface area contributed by atoms with E-state index >= 15 is 0 Å². The minimum atomic E-state index is -2.14. The van der Waals surface area contributed by atoms with Crippen LogP contribution >= 0.6 is 0 Å². The highest BCUT2D eigenvalue weighted by atomic mass is 16.1. The zero-order chi connectivity index (χ0) is 15.1. The summed E-state index contributed by atoms with van der Waals surface area (Å²) in [5.74, 6) is 7.52. The lowest BCUT2D eigenvalue weighted by molar-refractivity contribution is 0.0568. The first-order chi connectivity index (χ1) is 8.53. The number of anilines is 3. The molecule has 1 aromatic rings. The maximum Gasteiger partial charge on any atom is 0.219 e. The summed E-state index contributed by atoms with van der Waals surface area (Å²) in [5.41, 5.74) is 30.3. The quantitative estimate of drug-likeness (QED) is 0.105. The molecule has 0 aliphatic heterocycles. The molecule has 0 saturated heterocycles. The molecular weight excluding hydrogens is 248 g/mol. The van der Waals surface area contributed by atoms with E-state index in [1.807, 2.05) is 0 Å². The highest BCUT2D eigenvalue weighted by molar-refractivity contribution is 6.12. The molecule has 0 heterocycles. The number of hydrogen-bond donors (Lipinski definition) is 7. The van der Waals surface area contributed by atoms with Gasteiger partial charge >= 0.3 is 0 Å². The predicted octanol–water partition coefficient (Wildman–Crippen LogP) is -2.15. The fourth-order valence-electron chi connectivity index (χ4n) is 1.64. The van der Waals surface area contributed by atoms with E-state index < -0.39 is 11.6 Å². The third kappa shape index (κ3) is 2.20. The lowest BCUT2D eigenvalue weighted by Crippen LogP contribution is -2.73. The first-order valence-electron chi connectivity index (χ1n) is 5.39. The van der Waals surface area contributed by atoms with Gasteiger partial charge in [-0.15, -0.1) is 5.12 Å². The Morgan fingerprint density at radius 1 is 0.947 bits per heavy atom. The maximum atomic E-state index is 12.3. The second-order valence-electron chi connectivity index (χ2n) is 4.43. The Bertz CT molecular complexity index is 508. The van der Waals surface area contributed by atoms with Gasteiger partial charge in [0.1, 0.15) is 0 Å². The van der Waals surface area contributed by atoms with Crippen molar-refractivity contribution in [3.8, 4) is 0 Å². The van der Waals surface area contributed by atoms with Crippen LogP contribution in [0, 0.1) is 13.8 Å². The lowest BCUT2D eigenvalue weighted by Gasteiger charge is -2.30. The molecule has 0 bridgehead atoms. The lowest BCUT2D eigenvalue weighted by atomic mass is 9.94. The fraction of sp³-hybridized carbons (Fsp3) is 0.300. The zero-order valence-electron chi connectivity index (χ0n) is 10.9. The normalized spacial score (nSPS) is 11.9. The summed E-state index contributed by atoms with van der Waals surface area (Å²) in [6.07, 6.45) is 0. The second kappa shape index (κ2) is 4.64. The Balaban J connectivity index is 3.58. The largest absolute Gasteiger partial charge is 0.398 e. The minimum Gasteiger partial charge on any atom is -0.398 e. The number of hydrogen-bond acceptors (Lipinski definition) is 9. The molecule has 14 N–H and O–H groups in total. The molecule has 0 saturated carbocycles. The summed E-state index contributed by atoms with van der Waals surface area (Å²) < 4.78 is 0. The molecule has 0 aromatic heterocycles. The van der Waals surface area contributed by atoms with Gasteiger partial charge in [-0.25, -0.2) is 0 Å². The molecule has 0 unspecified atom stereocenters. The van der Waals surface area contributed by atoms with E-state index in [1.54, 1.807) is 13.8 Å². The molecule has 1 rings (SSSR count). The summed E-state index contributed by atoms with van der Waals surface area (Å²) in [4.78, 5) is 12.3. The smallest absolute Gasteiger partial charge is 0.219 e. The maximum absolute atomic E-state index is 12.3. The summed E-state index contributed by atoms with van der Waals surface area (Å²) in [7, 11) is 0. The SMILES string of the molecule is Cc1c(C)c(N)c(C(=O)C(N)(N)N(N)N)c(N)c1N. The van der Waals surface area contributed by atoms with Gasteiger partial charge in [0, 0.05) is 5.69 Å². The summed E-state index contributed by atoms with van der Waals surface area (Å²) >= 11 is 0. The van der Waals surface area contributed by atoms with Crippen LogP contribution in [0.3, 0.4) is 0 Å². The summed E-state index contributed by atoms with van der Waals surface area (Å²) in [6, 6.07) is 0. The number of hydrazine groups is 2. The Labute approximate surface area is 110 Å². The number of carbonyl (C=O) groups excluding carboxylic acids is 1. The molecule has 9 nitrogen and oxygen atoms in total. The Hall–Kier alpha value is -1.91. The molecule has 1 aromatic carbocycles. The summed E-state index contributed by atoms with van der Waals surface area (Å²) in [5, 5.41) is 0.388. The number of benzene rings is 1. The first-order valence-corrected chi connectivity index (χ1v) is 5.39. The van der Waals surface area contributed by atoms with Gasteiger partial charge in [-0.05, 0) is 25.0 Å². The van der Waals surface area contributed by atoms with Gasteiger partial charge in [0.15, 0.2) is 0 Å². The number of Topliss-reactive ketones (excluding diaryl/α,β-unsaturated/α-hetero) is 1. The molecule has 0 amide bonds.